The van der Waals surface area contributed by atoms with Crippen LogP contribution in [0.15, 0.2) is 168 Å². The third kappa shape index (κ3) is 10.2. The second-order valence-electron chi connectivity index (χ2n) is 22.2. The first kappa shape index (κ1) is 51.0. The van der Waals surface area contributed by atoms with Crippen molar-refractivity contribution in [2.75, 3.05) is 0 Å². The molecule has 1 radical (unpaired) electrons. The largest absolute Gasteiger partial charge is 0 e. The third-order valence-electron chi connectivity index (χ3n) is 14.6. The van der Waals surface area contributed by atoms with Gasteiger partial charge >= 0.3 is 158 Å². The van der Waals surface area contributed by atoms with Gasteiger partial charge in [0.15, 0.2) is 0 Å². The molecule has 1 aliphatic carbocycles. The Morgan fingerprint density at radius 3 is 2.22 bits per heavy atom. The molecule has 0 unspecified atom stereocenters. The van der Waals surface area contributed by atoms with Gasteiger partial charge in [-0.3, -0.25) is 9.97 Å². The van der Waals surface area contributed by atoms with Gasteiger partial charge in [-0.1, -0.05) is 108 Å². The number of fused-ring (bicyclic) bond motifs is 5. The molecule has 1 saturated carbocycles. The average Bonchev–Trinajstić information content (AvgIpc) is 4.16. The quantitative estimate of drug-likeness (QED) is 0.106. The Balaban J connectivity index is 0.000000196. The number of hydrogen-bond acceptors (Lipinski definition) is 5. The summed E-state index contributed by atoms with van der Waals surface area (Å²) in [5.74, 6) is 9.09. The molecule has 6 nitrogen and oxygen atoms in total. The first-order valence-electron chi connectivity index (χ1n) is 26.1. The molecule has 0 N–H and O–H groups in total. The SMILES string of the molecule is CC(C)c1cc2c(cn1)nc(-c1[c-]ccc3c1oc1nc(CC4CCCC4)ccc13)n2-c1ccc(-c2ccccc2)cc1C(C)(C)C.[CH3][Ge]([CH3])([CH3])[c]1cnc(-c2[c-]cccc2)cc1-c1cccc2ccccc12.[Ir]. The predicted molar refractivity (Wildman–Crippen MR) is 307 cm³/mol. The molecule has 5 heterocycles. The van der Waals surface area contributed by atoms with E-state index in [9.17, 15) is 0 Å². The molecule has 1 fully saturated rings. The molecule has 12 rings (SSSR count). The molecule has 11 aromatic rings. The molecule has 8 heteroatoms. The Hall–Kier alpha value is -6.51. The van der Waals surface area contributed by atoms with E-state index in [0.717, 1.165) is 79.4 Å². The minimum absolute atomic E-state index is 0. The number of hydrogen-bond donors (Lipinski definition) is 0. The summed E-state index contributed by atoms with van der Waals surface area (Å²) < 4.78 is 10.4. The van der Waals surface area contributed by atoms with Crippen molar-refractivity contribution in [2.45, 2.75) is 95.3 Å². The van der Waals surface area contributed by atoms with Crippen molar-refractivity contribution in [3.8, 4) is 50.6 Å². The summed E-state index contributed by atoms with van der Waals surface area (Å²) >= 11 is -2.09. The Labute approximate surface area is 452 Å². The van der Waals surface area contributed by atoms with E-state index in [4.69, 9.17) is 24.4 Å². The van der Waals surface area contributed by atoms with Gasteiger partial charge < -0.3 is 8.98 Å². The van der Waals surface area contributed by atoms with E-state index >= 15 is 0 Å². The Bertz CT molecular complexity index is 3780. The Morgan fingerprint density at radius 1 is 0.689 bits per heavy atom. The molecule has 5 aromatic heterocycles. The van der Waals surface area contributed by atoms with E-state index in [1.54, 1.807) is 0 Å². The Morgan fingerprint density at radius 2 is 1.46 bits per heavy atom. The van der Waals surface area contributed by atoms with Gasteiger partial charge in [0, 0.05) is 42.6 Å². The Kier molecular flexibility index (Phi) is 14.5. The molecule has 74 heavy (non-hydrogen) atoms. The number of nitrogens with zero attached hydrogens (tertiary/aromatic N) is 5. The van der Waals surface area contributed by atoms with Crippen molar-refractivity contribution in [2.24, 2.45) is 5.92 Å². The first-order chi connectivity index (χ1) is 35.3. The summed E-state index contributed by atoms with van der Waals surface area (Å²) in [6.07, 6.45) is 10.3. The van der Waals surface area contributed by atoms with Crippen LogP contribution in [0.25, 0.3) is 94.5 Å². The molecule has 0 aliphatic heterocycles. The molecular weight excluding hydrogens is 1140 g/mol. The number of aromatic nitrogens is 5. The second kappa shape index (κ2) is 21.0. The van der Waals surface area contributed by atoms with Crippen LogP contribution in [0, 0.1) is 18.1 Å². The standard InChI is InChI=1S/C42H41N4O.C24H22GeN.Ir/c1-26(2)35-24-38-36(25-43-35)45-40(46(38)37-21-18-29(23-34(37)42(3,4)5)28-14-7-6-8-15-28)33-17-11-16-31-32-20-19-30(22-27-12-9-10-13-27)44-41(32)47-39(31)33;1-25(2,3)23-17-26-24(19-11-5-4-6-12-19)16-22(23)21-15-9-13-18-10-7-8-14-20(18)21;/h6-8,11,14-16,18-21,23-27H,9-10,12-13,22H2,1-5H3;4-11,13-17H,1-3H3;/q2*-1;. The third-order valence-corrected chi connectivity index (χ3v) is 18.9. The van der Waals surface area contributed by atoms with Crippen molar-refractivity contribution >= 4 is 61.5 Å². The molecule has 6 aromatic carbocycles. The zero-order valence-corrected chi connectivity index (χ0v) is 48.2. The number of imidazole rings is 1. The van der Waals surface area contributed by atoms with Crippen molar-refractivity contribution in [1.29, 1.82) is 0 Å². The number of pyridine rings is 3. The number of rotatable bonds is 9. The predicted octanol–water partition coefficient (Wildman–Crippen LogP) is 16.9. The van der Waals surface area contributed by atoms with Crippen LogP contribution in [-0.4, -0.2) is 37.8 Å². The van der Waals surface area contributed by atoms with Gasteiger partial charge in [0.05, 0.1) is 28.6 Å². The summed E-state index contributed by atoms with van der Waals surface area (Å²) in [6, 6.07) is 60.4. The van der Waals surface area contributed by atoms with E-state index in [-0.39, 0.29) is 31.4 Å². The number of furan rings is 1. The van der Waals surface area contributed by atoms with Crippen LogP contribution in [-0.2, 0) is 31.9 Å². The van der Waals surface area contributed by atoms with Gasteiger partial charge in [-0.05, 0) is 70.7 Å². The monoisotopic (exact) mass is 1210 g/mol. The molecule has 0 bridgehead atoms. The maximum absolute atomic E-state index is 6.66. The maximum Gasteiger partial charge on any atom is 0 e. The summed E-state index contributed by atoms with van der Waals surface area (Å²) in [4.78, 5) is 19.9. The van der Waals surface area contributed by atoms with Crippen LogP contribution in [0.1, 0.15) is 83.2 Å². The molecule has 373 valence electrons. The van der Waals surface area contributed by atoms with Crippen LogP contribution in [0.4, 0.5) is 0 Å². The van der Waals surface area contributed by atoms with Gasteiger partial charge in [-0.2, -0.15) is 0 Å². The zero-order valence-electron chi connectivity index (χ0n) is 43.8. The zero-order chi connectivity index (χ0) is 50.4. The van der Waals surface area contributed by atoms with Crippen molar-refractivity contribution in [3.05, 3.63) is 193 Å². The first-order valence-corrected chi connectivity index (χ1v) is 33.4. The molecule has 0 saturated heterocycles. The summed E-state index contributed by atoms with van der Waals surface area (Å²) in [6.45, 7) is 11.2. The van der Waals surface area contributed by atoms with E-state index < -0.39 is 13.3 Å². The summed E-state index contributed by atoms with van der Waals surface area (Å²) in [5.41, 5.74) is 15.5. The van der Waals surface area contributed by atoms with Gasteiger partial charge in [0.2, 0.25) is 5.71 Å². The summed E-state index contributed by atoms with van der Waals surface area (Å²) in [5, 5.41) is 4.64. The van der Waals surface area contributed by atoms with Crippen molar-refractivity contribution in [3.63, 3.8) is 0 Å². The fraction of sp³-hybridized carbons (Fsp3) is 0.242. The van der Waals surface area contributed by atoms with Crippen LogP contribution in [0.2, 0.25) is 17.3 Å². The molecule has 0 spiro atoms. The fourth-order valence-corrected chi connectivity index (χ4v) is 13.8. The number of benzene rings is 6. The molecule has 0 amide bonds. The summed E-state index contributed by atoms with van der Waals surface area (Å²) in [7, 11) is 0. The van der Waals surface area contributed by atoms with E-state index in [1.807, 2.05) is 30.5 Å². The fourth-order valence-electron chi connectivity index (χ4n) is 10.8. The van der Waals surface area contributed by atoms with Gasteiger partial charge in [0.1, 0.15) is 0 Å². The molecule has 1 aliphatic rings. The van der Waals surface area contributed by atoms with E-state index in [2.05, 4.69) is 202 Å². The topological polar surface area (TPSA) is 69.6 Å². The van der Waals surface area contributed by atoms with Gasteiger partial charge in [0.25, 0.3) is 0 Å². The molecule has 0 atom stereocenters. The normalized spacial score (nSPS) is 13.2. The minimum Gasteiger partial charge on any atom is 0 e. The minimum atomic E-state index is -2.09. The van der Waals surface area contributed by atoms with E-state index in [1.165, 1.54) is 68.7 Å². The average molecular weight is 1210 g/mol. The molecular formula is C66H63GeIrN5O-2. The van der Waals surface area contributed by atoms with Crippen LogP contribution in [0.3, 0.4) is 0 Å². The van der Waals surface area contributed by atoms with Crippen LogP contribution >= 0.6 is 0 Å². The van der Waals surface area contributed by atoms with Gasteiger partial charge in [-0.15, -0.1) is 18.2 Å². The van der Waals surface area contributed by atoms with E-state index in [0.29, 0.717) is 5.71 Å². The van der Waals surface area contributed by atoms with Crippen LogP contribution in [0.5, 0.6) is 0 Å². The van der Waals surface area contributed by atoms with Gasteiger partial charge in [-0.25, -0.2) is 4.98 Å². The van der Waals surface area contributed by atoms with Crippen molar-refractivity contribution in [1.82, 2.24) is 24.5 Å². The van der Waals surface area contributed by atoms with Crippen LogP contribution < -0.4 is 4.40 Å². The van der Waals surface area contributed by atoms with Crippen molar-refractivity contribution < 1.29 is 24.5 Å². The maximum atomic E-state index is 6.66. The second-order valence-corrected chi connectivity index (χ2v) is 32.8. The smallest absolute Gasteiger partial charge is 0 e.